The lowest BCUT2D eigenvalue weighted by Crippen LogP contribution is -2.50. The minimum atomic E-state index is -3.33. The number of hydrogen-bond acceptors (Lipinski definition) is 6. The molecule has 2 heterocycles. The third kappa shape index (κ3) is 5.77. The van der Waals surface area contributed by atoms with E-state index in [1.165, 1.54) is 8.99 Å². The van der Waals surface area contributed by atoms with Gasteiger partial charge in [-0.1, -0.05) is 23.2 Å². The van der Waals surface area contributed by atoms with E-state index < -0.39 is 20.8 Å². The van der Waals surface area contributed by atoms with Crippen LogP contribution in [0.25, 0.3) is 5.69 Å². The summed E-state index contributed by atoms with van der Waals surface area (Å²) in [5.74, 6) is 0.180. The summed E-state index contributed by atoms with van der Waals surface area (Å²) < 4.78 is 33.9. The van der Waals surface area contributed by atoms with Crippen molar-refractivity contribution in [2.24, 2.45) is 0 Å². The van der Waals surface area contributed by atoms with Crippen LogP contribution in [-0.4, -0.2) is 60.0 Å². The molecule has 0 amide bonds. The Kier molecular flexibility index (Phi) is 7.87. The first-order valence-corrected chi connectivity index (χ1v) is 12.8. The number of ether oxygens (including phenoxy) is 1. The van der Waals surface area contributed by atoms with E-state index in [1.807, 2.05) is 18.7 Å². The van der Waals surface area contributed by atoms with Gasteiger partial charge in [0.15, 0.2) is 0 Å². The van der Waals surface area contributed by atoms with E-state index in [2.05, 4.69) is 11.7 Å². The van der Waals surface area contributed by atoms with Crippen molar-refractivity contribution in [1.29, 1.82) is 0 Å². The first-order valence-electron chi connectivity index (χ1n) is 10.9. The monoisotopic (exact) mass is 494 g/mol. The zero-order valence-electron chi connectivity index (χ0n) is 19.5. The van der Waals surface area contributed by atoms with Crippen LogP contribution in [0.1, 0.15) is 34.1 Å². The van der Waals surface area contributed by atoms with Crippen molar-refractivity contribution in [3.8, 4) is 11.4 Å². The van der Waals surface area contributed by atoms with Crippen molar-refractivity contribution in [1.82, 2.24) is 14.1 Å². The van der Waals surface area contributed by atoms with Crippen LogP contribution in [0.3, 0.4) is 0 Å². The average Bonchev–Trinajstić information content (AvgIpc) is 2.74. The summed E-state index contributed by atoms with van der Waals surface area (Å²) >= 11 is 6.11. The van der Waals surface area contributed by atoms with Crippen molar-refractivity contribution in [3.63, 3.8) is 0 Å². The highest BCUT2D eigenvalue weighted by atomic mass is 35.5. The maximum Gasteiger partial charge on any atom is 0.316 e. The minimum Gasteiger partial charge on any atom is -0.483 e. The van der Waals surface area contributed by atoms with Gasteiger partial charge in [-0.25, -0.2) is 8.42 Å². The number of sulfonamides is 1. The summed E-state index contributed by atoms with van der Waals surface area (Å²) in [6, 6.07) is 6.88. The molecule has 0 N–H and O–H groups in total. The quantitative estimate of drug-likeness (QED) is 0.522. The number of piperazine rings is 1. The fourth-order valence-electron chi connectivity index (χ4n) is 3.77. The Hall–Kier alpha value is -2.36. The van der Waals surface area contributed by atoms with Crippen LogP contribution in [-0.2, 0) is 10.0 Å². The molecule has 1 aromatic carbocycles. The SMILES string of the molecule is C=C(C)CC(C)Oc1c(N2CCN(S(=O)(=O)C(C)C)CC2)cnn(-c2cccc(Cl)c2)c1=O. The molecule has 10 heteroatoms. The largest absolute Gasteiger partial charge is 0.483 e. The molecule has 1 aliphatic heterocycles. The molecule has 1 unspecified atom stereocenters. The Balaban J connectivity index is 1.96. The molecule has 1 fully saturated rings. The molecule has 180 valence electrons. The van der Waals surface area contributed by atoms with Gasteiger partial charge in [-0.15, -0.1) is 6.58 Å². The molecular formula is C23H31ClN4O4S. The number of rotatable bonds is 8. The van der Waals surface area contributed by atoms with E-state index >= 15 is 0 Å². The summed E-state index contributed by atoms with van der Waals surface area (Å²) in [5.41, 5.74) is 1.62. The molecule has 2 aromatic rings. The number of benzene rings is 1. The second-order valence-corrected chi connectivity index (χ2v) is 11.6. The van der Waals surface area contributed by atoms with Gasteiger partial charge in [0.05, 0.1) is 23.2 Å². The molecule has 1 atom stereocenters. The topological polar surface area (TPSA) is 84.7 Å². The number of halogens is 1. The Labute approximate surface area is 200 Å². The standard InChI is InChI=1S/C23H31ClN4O4S/c1-16(2)13-18(5)32-22-21(26-9-11-27(12-10-26)33(30,31)17(3)4)15-25-28(23(22)29)20-8-6-7-19(24)14-20/h6-8,14-15,17-18H,1,9-13H2,2-5H3. The van der Waals surface area contributed by atoms with Crippen molar-refractivity contribution in [2.75, 3.05) is 31.1 Å². The van der Waals surface area contributed by atoms with Gasteiger partial charge < -0.3 is 9.64 Å². The average molecular weight is 495 g/mol. The molecule has 0 aliphatic carbocycles. The van der Waals surface area contributed by atoms with Gasteiger partial charge in [-0.3, -0.25) is 4.79 Å². The molecule has 0 bridgehead atoms. The molecule has 33 heavy (non-hydrogen) atoms. The van der Waals surface area contributed by atoms with E-state index in [1.54, 1.807) is 44.3 Å². The molecule has 0 spiro atoms. The summed E-state index contributed by atoms with van der Waals surface area (Å²) in [7, 11) is -3.33. The van der Waals surface area contributed by atoms with E-state index in [0.29, 0.717) is 49.0 Å². The van der Waals surface area contributed by atoms with E-state index in [4.69, 9.17) is 16.3 Å². The maximum atomic E-state index is 13.5. The maximum absolute atomic E-state index is 13.5. The summed E-state index contributed by atoms with van der Waals surface area (Å²) in [4.78, 5) is 15.4. The van der Waals surface area contributed by atoms with Gasteiger partial charge >= 0.3 is 5.56 Å². The van der Waals surface area contributed by atoms with Gasteiger partial charge in [0.1, 0.15) is 5.69 Å². The van der Waals surface area contributed by atoms with Crippen molar-refractivity contribution in [2.45, 2.75) is 45.5 Å². The van der Waals surface area contributed by atoms with Gasteiger partial charge in [0, 0.05) is 37.6 Å². The summed E-state index contributed by atoms with van der Waals surface area (Å²) in [6.45, 7) is 12.6. The van der Waals surface area contributed by atoms with Crippen molar-refractivity contribution in [3.05, 3.63) is 58.0 Å². The lowest BCUT2D eigenvalue weighted by Gasteiger charge is -2.36. The van der Waals surface area contributed by atoms with Crippen LogP contribution in [0.2, 0.25) is 5.02 Å². The summed E-state index contributed by atoms with van der Waals surface area (Å²) in [6.07, 6.45) is 1.92. The first-order chi connectivity index (χ1) is 15.5. The van der Waals surface area contributed by atoms with Crippen LogP contribution in [0.4, 0.5) is 5.69 Å². The predicted octanol–water partition coefficient (Wildman–Crippen LogP) is 3.48. The van der Waals surface area contributed by atoms with Gasteiger partial charge in [-0.05, 0) is 45.9 Å². The van der Waals surface area contributed by atoms with Crippen LogP contribution in [0.15, 0.2) is 47.4 Å². The van der Waals surface area contributed by atoms with E-state index in [-0.39, 0.29) is 11.9 Å². The lowest BCUT2D eigenvalue weighted by atomic mass is 10.2. The van der Waals surface area contributed by atoms with Crippen LogP contribution < -0.4 is 15.2 Å². The van der Waals surface area contributed by atoms with Gasteiger partial charge in [-0.2, -0.15) is 14.1 Å². The molecule has 8 nitrogen and oxygen atoms in total. The van der Waals surface area contributed by atoms with Crippen LogP contribution >= 0.6 is 11.6 Å². The Bertz CT molecular complexity index is 1170. The smallest absolute Gasteiger partial charge is 0.316 e. The van der Waals surface area contributed by atoms with Gasteiger partial charge in [0.25, 0.3) is 0 Å². The molecular weight excluding hydrogens is 464 g/mol. The Morgan fingerprint density at radius 1 is 1.21 bits per heavy atom. The highest BCUT2D eigenvalue weighted by Gasteiger charge is 2.31. The van der Waals surface area contributed by atoms with E-state index in [9.17, 15) is 13.2 Å². The highest BCUT2D eigenvalue weighted by Crippen LogP contribution is 2.28. The Morgan fingerprint density at radius 3 is 2.45 bits per heavy atom. The zero-order valence-corrected chi connectivity index (χ0v) is 21.1. The van der Waals surface area contributed by atoms with E-state index in [0.717, 1.165) is 5.57 Å². The third-order valence-electron chi connectivity index (χ3n) is 5.46. The Morgan fingerprint density at radius 2 is 1.88 bits per heavy atom. The lowest BCUT2D eigenvalue weighted by molar-refractivity contribution is 0.217. The van der Waals surface area contributed by atoms with Crippen molar-refractivity contribution < 1.29 is 13.2 Å². The molecule has 0 saturated carbocycles. The zero-order chi connectivity index (χ0) is 24.3. The number of nitrogens with zero attached hydrogens (tertiary/aromatic N) is 4. The predicted molar refractivity (Wildman–Crippen MR) is 132 cm³/mol. The van der Waals surface area contributed by atoms with Gasteiger partial charge in [0.2, 0.25) is 15.8 Å². The fourth-order valence-corrected chi connectivity index (χ4v) is 5.23. The van der Waals surface area contributed by atoms with Crippen molar-refractivity contribution >= 4 is 27.3 Å². The number of anilines is 1. The molecule has 1 aromatic heterocycles. The number of aromatic nitrogens is 2. The van der Waals surface area contributed by atoms with Crippen LogP contribution in [0.5, 0.6) is 5.75 Å². The molecule has 0 radical (unpaired) electrons. The third-order valence-corrected chi connectivity index (χ3v) is 7.97. The number of hydrogen-bond donors (Lipinski definition) is 0. The molecule has 3 rings (SSSR count). The highest BCUT2D eigenvalue weighted by molar-refractivity contribution is 7.89. The second-order valence-electron chi connectivity index (χ2n) is 8.63. The second kappa shape index (κ2) is 10.3. The molecule has 1 aliphatic rings. The normalized spacial score (nSPS) is 16.1. The molecule has 1 saturated heterocycles. The fraction of sp³-hybridized carbons (Fsp3) is 0.478. The summed E-state index contributed by atoms with van der Waals surface area (Å²) in [5, 5.41) is 4.38. The van der Waals surface area contributed by atoms with Crippen LogP contribution in [0, 0.1) is 0 Å². The minimum absolute atomic E-state index is 0.180. The first kappa shape index (κ1) is 25.3.